The number of hydrogen-bond acceptors (Lipinski definition) is 2. The van der Waals surface area contributed by atoms with Crippen LogP contribution >= 0.6 is 0 Å². The van der Waals surface area contributed by atoms with Crippen molar-refractivity contribution < 1.29 is 0 Å². The summed E-state index contributed by atoms with van der Waals surface area (Å²) >= 11 is 0. The highest BCUT2D eigenvalue weighted by molar-refractivity contribution is 7.00. The minimum absolute atomic E-state index is 0.231. The molecule has 0 radical (unpaired) electrons. The number of rotatable bonds is 9. The van der Waals surface area contributed by atoms with E-state index in [2.05, 4.69) is 390 Å². The fourth-order valence-corrected chi connectivity index (χ4v) is 16.9. The van der Waals surface area contributed by atoms with E-state index in [0.29, 0.717) is 0 Å². The summed E-state index contributed by atoms with van der Waals surface area (Å²) in [5.41, 5.74) is 30.9. The van der Waals surface area contributed by atoms with Gasteiger partial charge in [-0.1, -0.05) is 282 Å². The Bertz CT molecular complexity index is 6150. The predicted molar refractivity (Wildman–Crippen MR) is 424 cm³/mol. The van der Waals surface area contributed by atoms with Gasteiger partial charge in [-0.25, -0.2) is 0 Å². The maximum Gasteiger partial charge on any atom is 0.252 e. The van der Waals surface area contributed by atoms with Crippen molar-refractivity contribution in [2.45, 2.75) is 26.2 Å². The van der Waals surface area contributed by atoms with Crippen LogP contribution < -0.4 is 26.2 Å². The molecule has 100 heavy (non-hydrogen) atoms. The molecule has 20 rings (SSSR count). The van der Waals surface area contributed by atoms with Crippen LogP contribution in [0.25, 0.3) is 127 Å². The highest BCUT2D eigenvalue weighted by atomic mass is 15.2. The van der Waals surface area contributed by atoms with Gasteiger partial charge < -0.3 is 23.5 Å². The SMILES string of the molecule is CC(C)(C)c1cc2c3c(c1)N(c1c(-c4ccccc4)cccc1-c1ccccc1)c1cc(-n4c5ccccc5c5cc6c7ccccc7n(-c7ccccc7)c6cc54)ccc1B3c1ccc(-n3c4ccccc4c4ccccc43)cc1N2c1c(-c2ccccc2)cccc1-c1ccccc1. The van der Waals surface area contributed by atoms with Crippen LogP contribution in [-0.2, 0) is 5.41 Å². The van der Waals surface area contributed by atoms with Gasteiger partial charge in [0.1, 0.15) is 0 Å². The van der Waals surface area contributed by atoms with Crippen molar-refractivity contribution in [1.82, 2.24) is 13.7 Å². The second kappa shape index (κ2) is 22.5. The van der Waals surface area contributed by atoms with E-state index in [-0.39, 0.29) is 12.1 Å². The molecule has 470 valence electrons. The topological polar surface area (TPSA) is 21.3 Å². The van der Waals surface area contributed by atoms with Crippen molar-refractivity contribution >= 4 is 123 Å². The van der Waals surface area contributed by atoms with Gasteiger partial charge >= 0.3 is 0 Å². The molecule has 0 unspecified atom stereocenters. The standard InChI is InChI=1S/C94H66BN5/c1-94(2,3)65-55-89-91-90(56-65)100(93-71(63-33-13-6-14-34-63)45-28-46-72(93)64-35-15-7-16-36-64)88-58-68(98-84-50-26-22-42-76(84)78-59-77-75-41-21-25-49-83(75)96(85(77)60-86(78)98)66-37-17-8-18-38-66)52-54-80(88)95(91)79-53-51-67(97-81-47-23-19-39-73(81)74-40-20-24-48-82(74)97)57-87(79)99(89)92-69(61-29-9-4-10-30-61)43-27-44-70(92)62-31-11-5-12-32-62/h4-60H,1-3H3. The molecule has 0 saturated carbocycles. The van der Waals surface area contributed by atoms with Crippen molar-refractivity contribution in [1.29, 1.82) is 0 Å². The summed E-state index contributed by atoms with van der Waals surface area (Å²) in [6.45, 7) is 6.93. The molecule has 3 aromatic heterocycles. The minimum Gasteiger partial charge on any atom is -0.310 e. The van der Waals surface area contributed by atoms with Gasteiger partial charge in [0.25, 0.3) is 6.71 Å². The Kier molecular flexibility index (Phi) is 12.9. The molecule has 6 heteroatoms. The quantitative estimate of drug-likeness (QED) is 0.134. The van der Waals surface area contributed by atoms with Crippen molar-refractivity contribution in [2.75, 3.05) is 9.80 Å². The first-order valence-corrected chi connectivity index (χ1v) is 34.9. The lowest BCUT2D eigenvalue weighted by Gasteiger charge is -2.46. The van der Waals surface area contributed by atoms with Crippen LogP contribution in [0.5, 0.6) is 0 Å². The van der Waals surface area contributed by atoms with E-state index < -0.39 is 0 Å². The molecular weight excluding hydrogens is 1210 g/mol. The molecule has 18 aromatic rings. The zero-order chi connectivity index (χ0) is 66.3. The first-order chi connectivity index (χ1) is 49.3. The molecule has 0 bridgehead atoms. The van der Waals surface area contributed by atoms with Crippen LogP contribution in [0.1, 0.15) is 26.3 Å². The minimum atomic E-state index is -0.315. The zero-order valence-corrected chi connectivity index (χ0v) is 55.7. The molecule has 0 fully saturated rings. The number of benzene rings is 15. The Morgan fingerprint density at radius 3 is 0.930 bits per heavy atom. The van der Waals surface area contributed by atoms with Crippen LogP contribution in [0.15, 0.2) is 346 Å². The molecule has 15 aromatic carbocycles. The van der Waals surface area contributed by atoms with Crippen molar-refractivity contribution in [3.05, 3.63) is 351 Å². The van der Waals surface area contributed by atoms with E-state index in [0.717, 1.165) is 112 Å². The van der Waals surface area contributed by atoms with E-state index in [4.69, 9.17) is 0 Å². The fraction of sp³-hybridized carbons (Fsp3) is 0.0426. The van der Waals surface area contributed by atoms with Gasteiger partial charge in [-0.15, -0.1) is 0 Å². The Hall–Kier alpha value is -12.6. The lowest BCUT2D eigenvalue weighted by atomic mass is 9.33. The second-order valence-corrected chi connectivity index (χ2v) is 27.9. The maximum absolute atomic E-state index is 2.70. The Morgan fingerprint density at radius 1 is 0.240 bits per heavy atom. The molecule has 0 aliphatic carbocycles. The Labute approximate surface area is 581 Å². The Morgan fingerprint density at radius 2 is 0.560 bits per heavy atom. The largest absolute Gasteiger partial charge is 0.310 e. The summed E-state index contributed by atoms with van der Waals surface area (Å²) in [6, 6.07) is 130. The molecule has 2 aliphatic heterocycles. The van der Waals surface area contributed by atoms with Crippen molar-refractivity contribution in [2.24, 2.45) is 0 Å². The van der Waals surface area contributed by atoms with E-state index in [1.165, 1.54) is 70.8 Å². The number of para-hydroxylation sites is 7. The van der Waals surface area contributed by atoms with Gasteiger partial charge in [-0.2, -0.15) is 0 Å². The molecular formula is C94H66BN5. The first-order valence-electron chi connectivity index (χ1n) is 34.9. The normalized spacial score (nSPS) is 12.7. The van der Waals surface area contributed by atoms with Crippen LogP contribution in [0.3, 0.4) is 0 Å². The number of hydrogen-bond donors (Lipinski definition) is 0. The third-order valence-corrected chi connectivity index (χ3v) is 21.3. The molecule has 0 spiro atoms. The van der Waals surface area contributed by atoms with Crippen LogP contribution in [-0.4, -0.2) is 20.4 Å². The van der Waals surface area contributed by atoms with Crippen LogP contribution in [0, 0.1) is 0 Å². The smallest absolute Gasteiger partial charge is 0.252 e. The summed E-state index contributed by atoms with van der Waals surface area (Å²) in [7, 11) is 0. The van der Waals surface area contributed by atoms with Gasteiger partial charge in [0.05, 0.1) is 44.5 Å². The zero-order valence-electron chi connectivity index (χ0n) is 55.7. The third-order valence-electron chi connectivity index (χ3n) is 21.3. The van der Waals surface area contributed by atoms with Gasteiger partial charge in [0.2, 0.25) is 0 Å². The molecule has 5 heterocycles. The maximum atomic E-state index is 2.70. The third kappa shape index (κ3) is 8.76. The summed E-state index contributed by atoms with van der Waals surface area (Å²) in [5.74, 6) is 0. The monoisotopic (exact) mass is 1280 g/mol. The number of fused-ring (bicyclic) bond motifs is 13. The summed E-state index contributed by atoms with van der Waals surface area (Å²) in [6.07, 6.45) is 0. The summed E-state index contributed by atoms with van der Waals surface area (Å²) < 4.78 is 7.48. The average Bonchev–Trinajstić information content (AvgIpc) is 0.769. The predicted octanol–water partition coefficient (Wildman–Crippen LogP) is 23.0. The van der Waals surface area contributed by atoms with Crippen molar-refractivity contribution in [3.63, 3.8) is 0 Å². The first kappa shape index (κ1) is 57.6. The molecule has 0 N–H and O–H groups in total. The molecule has 2 aliphatic rings. The summed E-state index contributed by atoms with van der Waals surface area (Å²) in [4.78, 5) is 5.39. The highest BCUT2D eigenvalue weighted by Gasteiger charge is 2.46. The average molecular weight is 1280 g/mol. The lowest BCUT2D eigenvalue weighted by Crippen LogP contribution is -2.61. The highest BCUT2D eigenvalue weighted by Crippen LogP contribution is 2.55. The van der Waals surface area contributed by atoms with Crippen LogP contribution in [0.4, 0.5) is 34.1 Å². The molecule has 5 nitrogen and oxygen atoms in total. The molecule has 0 saturated heterocycles. The lowest BCUT2D eigenvalue weighted by molar-refractivity contribution is 0.590. The summed E-state index contributed by atoms with van der Waals surface area (Å²) in [5, 5.41) is 7.34. The number of nitrogens with zero attached hydrogens (tertiary/aromatic N) is 5. The number of anilines is 6. The van der Waals surface area contributed by atoms with Gasteiger partial charge in [-0.05, 0) is 135 Å². The Balaban J connectivity index is 0.942. The van der Waals surface area contributed by atoms with E-state index >= 15 is 0 Å². The van der Waals surface area contributed by atoms with Gasteiger partial charge in [-0.3, -0.25) is 0 Å². The second-order valence-electron chi connectivity index (χ2n) is 27.9. The van der Waals surface area contributed by atoms with E-state index in [1.54, 1.807) is 0 Å². The van der Waals surface area contributed by atoms with Crippen molar-refractivity contribution in [3.8, 4) is 61.6 Å². The van der Waals surface area contributed by atoms with Crippen LogP contribution in [0.2, 0.25) is 0 Å². The van der Waals surface area contributed by atoms with E-state index in [1.807, 2.05) is 0 Å². The van der Waals surface area contributed by atoms with E-state index in [9.17, 15) is 0 Å². The van der Waals surface area contributed by atoms with Gasteiger partial charge in [0, 0.05) is 94.4 Å². The van der Waals surface area contributed by atoms with Gasteiger partial charge in [0.15, 0.2) is 0 Å². The fourth-order valence-electron chi connectivity index (χ4n) is 16.9. The number of aromatic nitrogens is 3. The molecule has 0 atom stereocenters. The molecule has 0 amide bonds.